The smallest absolute Gasteiger partial charge is 0.322 e. The Hall–Kier alpha value is -4.96. The number of hydrogen-bond acceptors (Lipinski definition) is 34. The molecule has 0 aliphatic carbocycles. The zero-order valence-corrected chi connectivity index (χ0v) is 94.7. The van der Waals surface area contributed by atoms with Crippen molar-refractivity contribution in [3.8, 4) is 0 Å². The van der Waals surface area contributed by atoms with Crippen LogP contribution in [0.1, 0.15) is 388 Å². The molecule has 12 rings (SSSR count). The van der Waals surface area contributed by atoms with Crippen LogP contribution in [-0.2, 0) is 134 Å². The second-order valence-electron chi connectivity index (χ2n) is 48.6. The van der Waals surface area contributed by atoms with Gasteiger partial charge in [0.2, 0.25) is 0 Å². The summed E-state index contributed by atoms with van der Waals surface area (Å²) in [6, 6.07) is 0. The van der Waals surface area contributed by atoms with E-state index in [-0.39, 0.29) is 158 Å². The topological polar surface area (TPSA) is 341 Å². The predicted molar refractivity (Wildman–Crippen MR) is 526 cm³/mol. The molecule has 0 aromatic carbocycles. The van der Waals surface area contributed by atoms with Crippen molar-refractivity contribution in [2.45, 2.75) is 495 Å². The predicted octanol–water partition coefficient (Wildman–Crippen LogP) is 18.3. The first-order valence-electron chi connectivity index (χ1n) is 51.9. The van der Waals surface area contributed by atoms with Crippen molar-refractivity contribution in [3.05, 3.63) is 0 Å². The van der Waals surface area contributed by atoms with Crippen LogP contribution in [-0.4, -0.2) is 271 Å². The van der Waals surface area contributed by atoms with E-state index >= 15 is 0 Å². The van der Waals surface area contributed by atoms with Gasteiger partial charge in [0.15, 0.2) is 34.7 Å². The van der Waals surface area contributed by atoms with E-state index < -0.39 is 62.4 Å². The van der Waals surface area contributed by atoms with E-state index in [2.05, 4.69) is 235 Å². The van der Waals surface area contributed by atoms with E-state index in [1.165, 1.54) is 55.4 Å². The summed E-state index contributed by atoms with van der Waals surface area (Å²) in [5.74, 6) is -6.12. The van der Waals surface area contributed by atoms with Crippen molar-refractivity contribution in [1.82, 2.24) is 30.4 Å². The van der Waals surface area contributed by atoms with Gasteiger partial charge in [-0.05, 0) is 162 Å². The molecule has 0 N–H and O–H groups in total. The molecular formula is C106H190N6O28. The highest BCUT2D eigenvalue weighted by molar-refractivity contribution is 5.68. The summed E-state index contributed by atoms with van der Waals surface area (Å²) < 4.78 is 85.0. The van der Waals surface area contributed by atoms with Gasteiger partial charge < -0.3 is 95.3 Å². The number of ether oxygens (including phenoxy) is 14. The van der Waals surface area contributed by atoms with Crippen molar-refractivity contribution in [3.63, 3.8) is 0 Å². The third kappa shape index (κ3) is 24.9. The van der Waals surface area contributed by atoms with Gasteiger partial charge >= 0.3 is 47.8 Å². The molecule has 0 bridgehead atoms. The number of nitrogens with zero attached hydrogens (tertiary/aromatic N) is 6. The molecule has 0 radical (unpaired) electrons. The van der Waals surface area contributed by atoms with Crippen LogP contribution < -0.4 is 0 Å². The number of piperidine rings is 6. The number of hydrogen-bond donors (Lipinski definition) is 0. The Morgan fingerprint density at radius 1 is 0.264 bits per heavy atom. The fourth-order valence-corrected chi connectivity index (χ4v) is 24.1. The van der Waals surface area contributed by atoms with E-state index in [0.717, 1.165) is 51.4 Å². The highest BCUT2D eigenvalue weighted by Gasteiger charge is 2.71. The fourth-order valence-electron chi connectivity index (χ4n) is 24.1. The normalized spacial score (nSPS) is 38.0. The molecule has 12 aliphatic heterocycles. The molecule has 16 atom stereocenters. The Kier molecular flexibility index (Phi) is 38.7. The van der Waals surface area contributed by atoms with Crippen molar-refractivity contribution >= 4 is 47.8 Å². The molecule has 0 aromatic heterocycles. The maximum Gasteiger partial charge on any atom is 0.322 e. The van der Waals surface area contributed by atoms with Crippen molar-refractivity contribution in [2.24, 2.45) is 51.8 Å². The minimum atomic E-state index is -0.795. The average molecular weight is 2000 g/mol. The molecule has 0 amide bonds. The van der Waals surface area contributed by atoms with Gasteiger partial charge in [0, 0.05) is 146 Å². The second-order valence-corrected chi connectivity index (χ2v) is 48.6. The van der Waals surface area contributed by atoms with Gasteiger partial charge in [-0.3, -0.25) is 38.4 Å². The van der Waals surface area contributed by atoms with E-state index in [9.17, 15) is 38.4 Å². The van der Waals surface area contributed by atoms with Gasteiger partial charge in [-0.1, -0.05) is 132 Å². The van der Waals surface area contributed by atoms with Gasteiger partial charge in [0.25, 0.3) is 0 Å². The lowest BCUT2D eigenvalue weighted by Gasteiger charge is -2.63. The molecule has 812 valence electrons. The first-order valence-corrected chi connectivity index (χ1v) is 51.9. The van der Waals surface area contributed by atoms with Crippen LogP contribution in [0.5, 0.6) is 0 Å². The number of esters is 2. The molecule has 16 unspecified atom stereocenters. The van der Waals surface area contributed by atoms with Crippen LogP contribution in [0.2, 0.25) is 0 Å². The van der Waals surface area contributed by atoms with Gasteiger partial charge in [0.1, 0.15) is 19.3 Å². The second kappa shape index (κ2) is 44.4. The maximum atomic E-state index is 11.8. The minimum absolute atomic E-state index is 0.0310. The monoisotopic (exact) mass is 2000 g/mol. The SMILES string of the molecule is CC(=O)ON1C(C)(C)CC2(OCC(C)(C)CO2)C(C)C1(C)C.CC(=O)ON1C(C)(C)CC2(OCCO2)C(C)C1(C)C.CCC1(C)CC2(OCC(C)(C)CO2)C(C)C(C)(CC)N1OC(C)=O.CCC1(C)CC2(OCC(C)(COC(C)=O)CO2)C(C)C(C)(CC)N1OC(C)=O.CCC1(C)CC2(OCC(COC(C)=O)O2)C(C)C(C)(CC)N1OC(C)=O.CCC1(C)CC2(OCCO2)C(C)C(C)(CC)N1OC(C)=O. The summed E-state index contributed by atoms with van der Waals surface area (Å²) in [6.45, 7) is 92.0. The van der Waals surface area contributed by atoms with Gasteiger partial charge in [0.05, 0.1) is 139 Å². The van der Waals surface area contributed by atoms with Gasteiger partial charge in [-0.15, -0.1) is 30.4 Å². The molecule has 6 spiro atoms. The summed E-state index contributed by atoms with van der Waals surface area (Å²) in [5.41, 5.74) is -4.84. The average Bonchev–Trinajstić information content (AvgIpc) is 1.18. The van der Waals surface area contributed by atoms with Crippen LogP contribution in [0.4, 0.5) is 0 Å². The zero-order valence-electron chi connectivity index (χ0n) is 94.7. The summed E-state index contributed by atoms with van der Waals surface area (Å²) in [4.78, 5) is 126. The Morgan fingerprint density at radius 2 is 0.493 bits per heavy atom. The summed E-state index contributed by atoms with van der Waals surface area (Å²) >= 11 is 0. The first-order chi connectivity index (χ1) is 64.0. The third-order valence-corrected chi connectivity index (χ3v) is 34.6. The standard InChI is InChI=1S/C21H37NO6.C19H33NO6.C19H35NO4.C17H31NO4.C16H29NO4.C14H25NO4/c1-9-19(7)11-21(15(3)20(8,10-2)22(19)28-17(5)24)26-13-18(6,14-27-21)12-25-16(4)23;1-8-17(6)12-19(24-11-16(25-19)10-23-14(4)21)13(3)18(7,9-2)20(17)26-15(5)22;1-9-17(7)11-19(22-12-16(5,6)13-23-19)14(3)18(8,10-2)20(17)24-15(4)21;1-12-16(7,8)18(22-13(2)19)15(5,6)9-17(12)20-10-14(3,4)11-21-17;1-7-14(5)11-16(19-9-10-20-16)12(3)15(6,8-2)17(14)21-13(4)18;1-10-13(5,6)15(19-11(2)16)12(3,4)9-14(10)17-7-8-18-14/h15H,9-14H2,1-8H3;13,16H,8-12H2,1-7H3;14H,9-13H2,1-8H3;12H,9-11H2,1-8H3;12H,7-11H2,1-6H3;10H,7-9H2,1-6H3. The number of carbonyl (C=O) groups is 8. The molecule has 12 aliphatic rings. The number of carbonyl (C=O) groups excluding carboxylic acids is 8. The van der Waals surface area contributed by atoms with Crippen molar-refractivity contribution in [1.29, 1.82) is 0 Å². The molecule has 0 aromatic rings. The number of rotatable bonds is 18. The first kappa shape index (κ1) is 122. The molecule has 34 heteroatoms. The molecule has 12 fully saturated rings. The van der Waals surface area contributed by atoms with Crippen LogP contribution in [0.25, 0.3) is 0 Å². The summed E-state index contributed by atoms with van der Waals surface area (Å²) in [7, 11) is 0. The van der Waals surface area contributed by atoms with Crippen LogP contribution >= 0.6 is 0 Å². The molecule has 0 saturated carbocycles. The lowest BCUT2D eigenvalue weighted by molar-refractivity contribution is -0.401. The van der Waals surface area contributed by atoms with E-state index in [1.807, 2.05) is 37.3 Å². The van der Waals surface area contributed by atoms with Crippen LogP contribution in [0.15, 0.2) is 0 Å². The summed E-state index contributed by atoms with van der Waals surface area (Å²) in [5, 5.41) is 11.2. The molecule has 34 nitrogen and oxygen atoms in total. The summed E-state index contributed by atoms with van der Waals surface area (Å²) in [6.07, 6.45) is 10.1. The highest BCUT2D eigenvalue weighted by atomic mass is 16.8. The lowest BCUT2D eigenvalue weighted by Crippen LogP contribution is -2.74. The maximum absolute atomic E-state index is 11.8. The minimum Gasteiger partial charge on any atom is -0.465 e. The third-order valence-electron chi connectivity index (χ3n) is 34.6. The number of hydroxylamine groups is 12. The molecule has 140 heavy (non-hydrogen) atoms. The van der Waals surface area contributed by atoms with Gasteiger partial charge in [-0.2, -0.15) is 0 Å². The van der Waals surface area contributed by atoms with E-state index in [4.69, 9.17) is 95.3 Å². The molecule has 12 saturated heterocycles. The highest BCUT2D eigenvalue weighted by Crippen LogP contribution is 2.61. The Balaban J connectivity index is 0.000000229. The zero-order chi connectivity index (χ0) is 107. The van der Waals surface area contributed by atoms with Crippen molar-refractivity contribution < 1.29 is 134 Å². The van der Waals surface area contributed by atoms with Crippen LogP contribution in [0, 0.1) is 51.8 Å². The lowest BCUT2D eigenvalue weighted by atomic mass is 9.67. The Labute approximate surface area is 840 Å². The largest absolute Gasteiger partial charge is 0.465 e. The van der Waals surface area contributed by atoms with Crippen LogP contribution in [0.3, 0.4) is 0 Å². The fraction of sp³-hybridized carbons (Fsp3) is 0.925. The van der Waals surface area contributed by atoms with Gasteiger partial charge in [-0.25, -0.2) is 0 Å². The van der Waals surface area contributed by atoms with Crippen molar-refractivity contribution in [2.75, 3.05) is 85.9 Å². The van der Waals surface area contributed by atoms with E-state index in [0.29, 0.717) is 111 Å². The molecular weight excluding hydrogens is 1810 g/mol. The molecule has 12 heterocycles. The Morgan fingerprint density at radius 3 is 0.743 bits per heavy atom. The van der Waals surface area contributed by atoms with E-state index in [1.54, 1.807) is 0 Å². The quantitative estimate of drug-likeness (QED) is 0.115. The Bertz CT molecular complexity index is 4200.